The largest absolute Gasteiger partial charge is 0.478 e. The number of rotatable bonds is 4. The summed E-state index contributed by atoms with van der Waals surface area (Å²) in [6.07, 6.45) is 13.5. The van der Waals surface area contributed by atoms with Crippen LogP contribution in [0.1, 0.15) is 122 Å². The molecule has 0 amide bonds. The average Bonchev–Trinajstić information content (AvgIpc) is 3.32. The van der Waals surface area contributed by atoms with Crippen LogP contribution in [0.5, 0.6) is 0 Å². The fraction of sp³-hybridized carbons (Fsp3) is 0.711. The highest BCUT2D eigenvalue weighted by Gasteiger charge is 2.72. The van der Waals surface area contributed by atoms with Gasteiger partial charge in [0.15, 0.2) is 0 Å². The minimum atomic E-state index is -0.866. The number of benzene rings is 1. The first-order valence-corrected chi connectivity index (χ1v) is 16.4. The van der Waals surface area contributed by atoms with Crippen LogP contribution in [-0.2, 0) is 0 Å². The number of carboxylic acids is 1. The summed E-state index contributed by atoms with van der Waals surface area (Å²) in [6.45, 7) is 22.6. The van der Waals surface area contributed by atoms with Crippen molar-refractivity contribution in [1.29, 1.82) is 0 Å². The molecule has 0 aromatic heterocycles. The normalized spacial score (nSPS) is 46.4. The summed E-state index contributed by atoms with van der Waals surface area (Å²) < 4.78 is 0. The molecule has 0 saturated heterocycles. The predicted octanol–water partition coefficient (Wildman–Crippen LogP) is 9.42. The van der Waals surface area contributed by atoms with Gasteiger partial charge in [0, 0.05) is 6.61 Å². The fourth-order valence-corrected chi connectivity index (χ4v) is 12.6. The van der Waals surface area contributed by atoms with Gasteiger partial charge in [-0.2, -0.15) is 0 Å². The Balaban J connectivity index is 1.39. The van der Waals surface area contributed by atoms with E-state index in [9.17, 15) is 15.0 Å². The number of carbonyl (C=O) groups is 1. The molecule has 224 valence electrons. The van der Waals surface area contributed by atoms with E-state index in [-0.39, 0.29) is 32.5 Å². The molecule has 3 nitrogen and oxygen atoms in total. The van der Waals surface area contributed by atoms with Crippen molar-refractivity contribution in [3.05, 3.63) is 53.6 Å². The van der Waals surface area contributed by atoms with E-state index in [1.54, 1.807) is 12.1 Å². The van der Waals surface area contributed by atoms with Gasteiger partial charge in [-0.15, -0.1) is 0 Å². The topological polar surface area (TPSA) is 57.5 Å². The Morgan fingerprint density at radius 2 is 1.54 bits per heavy atom. The first-order chi connectivity index (χ1) is 19.1. The third-order valence-corrected chi connectivity index (χ3v) is 15.7. The quantitative estimate of drug-likeness (QED) is 0.362. The Hall–Kier alpha value is -1.87. The number of aliphatic hydroxyl groups is 1. The first-order valence-electron chi connectivity index (χ1n) is 16.4. The Morgan fingerprint density at radius 1 is 0.878 bits per heavy atom. The minimum absolute atomic E-state index is 0.0288. The Bertz CT molecular complexity index is 1290. The number of aromatic carboxylic acids is 1. The smallest absolute Gasteiger partial charge is 0.335 e. The van der Waals surface area contributed by atoms with Crippen molar-refractivity contribution < 1.29 is 15.0 Å². The Labute approximate surface area is 248 Å². The van der Waals surface area contributed by atoms with E-state index in [2.05, 4.69) is 61.1 Å². The lowest BCUT2D eigenvalue weighted by Crippen LogP contribution is -2.68. The number of hydrogen-bond acceptors (Lipinski definition) is 2. The zero-order chi connectivity index (χ0) is 29.8. The van der Waals surface area contributed by atoms with Gasteiger partial charge in [-0.1, -0.05) is 71.9 Å². The Kier molecular flexibility index (Phi) is 6.46. The third-order valence-electron chi connectivity index (χ3n) is 15.7. The molecule has 1 aromatic carbocycles. The lowest BCUT2D eigenvalue weighted by Gasteiger charge is -2.75. The maximum Gasteiger partial charge on any atom is 0.335 e. The number of hydrogen-bond donors (Lipinski definition) is 2. The van der Waals surface area contributed by atoms with Gasteiger partial charge in [-0.25, -0.2) is 4.79 Å². The van der Waals surface area contributed by atoms with E-state index >= 15 is 0 Å². The van der Waals surface area contributed by atoms with Gasteiger partial charge >= 0.3 is 5.97 Å². The molecular weight excluding hydrogens is 504 g/mol. The van der Waals surface area contributed by atoms with E-state index in [4.69, 9.17) is 0 Å². The SMILES string of the molecule is C=C(C)[C@@H]1CC[C@]2(CO)CC[C@]3(C)[C@H](CC[C@@H]4[C@@]5(C)CC=C(c6ccc(C(=O)O)cc6)C(C)(C)[C@]5(C)CC[C@]43C)[C@@H]12. The number of carboxylic acid groups (broad SMARTS) is 1. The van der Waals surface area contributed by atoms with Crippen LogP contribution in [0.4, 0.5) is 0 Å². The van der Waals surface area contributed by atoms with Crippen LogP contribution < -0.4 is 0 Å². The number of allylic oxidation sites excluding steroid dienone is 3. The number of aliphatic hydroxyl groups excluding tert-OH is 1. The van der Waals surface area contributed by atoms with Crippen molar-refractivity contribution in [1.82, 2.24) is 0 Å². The molecule has 41 heavy (non-hydrogen) atoms. The zero-order valence-electron chi connectivity index (χ0n) is 26.8. The second kappa shape index (κ2) is 9.07. The van der Waals surface area contributed by atoms with Gasteiger partial charge in [-0.3, -0.25) is 0 Å². The lowest BCUT2D eigenvalue weighted by atomic mass is 9.29. The van der Waals surface area contributed by atoms with Crippen molar-refractivity contribution in [2.75, 3.05) is 6.61 Å². The van der Waals surface area contributed by atoms with Gasteiger partial charge in [-0.05, 0) is 144 Å². The summed E-state index contributed by atoms with van der Waals surface area (Å²) in [7, 11) is 0. The standard InChI is InChI=1S/C38H54O3/c1-24(2)27-15-18-38(23-39)22-20-34(5)29(31(27)38)13-14-30-35(34,6)19-21-37(8)33(3,4)28(16-17-36(30,37)7)25-9-11-26(12-10-25)32(40)41/h9-12,16,27,29-31,39H,1,13-15,17-23H2,2-8H3,(H,40,41)/t27-,29+,30-,31+,34+,35+,36+,37-,38+/m0/s1. The van der Waals surface area contributed by atoms with E-state index in [1.807, 2.05) is 12.1 Å². The van der Waals surface area contributed by atoms with Crippen LogP contribution in [0.15, 0.2) is 42.5 Å². The Morgan fingerprint density at radius 3 is 2.15 bits per heavy atom. The van der Waals surface area contributed by atoms with Gasteiger partial charge in [0.2, 0.25) is 0 Å². The van der Waals surface area contributed by atoms with Crippen LogP contribution >= 0.6 is 0 Å². The summed E-state index contributed by atoms with van der Waals surface area (Å²) in [5.41, 5.74) is 5.21. The number of fused-ring (bicyclic) bond motifs is 7. The van der Waals surface area contributed by atoms with Crippen molar-refractivity contribution in [2.45, 2.75) is 106 Å². The molecule has 0 bridgehead atoms. The molecule has 0 spiro atoms. The zero-order valence-corrected chi connectivity index (χ0v) is 26.8. The van der Waals surface area contributed by atoms with Gasteiger partial charge in [0.1, 0.15) is 0 Å². The van der Waals surface area contributed by atoms with E-state index in [1.165, 1.54) is 68.1 Å². The molecule has 2 N–H and O–H groups in total. The first kappa shape index (κ1) is 29.2. The highest BCUT2D eigenvalue weighted by atomic mass is 16.4. The molecule has 0 aliphatic heterocycles. The lowest BCUT2D eigenvalue weighted by molar-refractivity contribution is -0.250. The van der Waals surface area contributed by atoms with Crippen molar-refractivity contribution >= 4 is 11.5 Å². The van der Waals surface area contributed by atoms with Crippen LogP contribution in [0.25, 0.3) is 5.57 Å². The molecule has 3 heteroatoms. The summed E-state index contributed by atoms with van der Waals surface area (Å²) in [4.78, 5) is 11.5. The molecule has 5 aliphatic rings. The highest BCUT2D eigenvalue weighted by molar-refractivity contribution is 5.88. The predicted molar refractivity (Wildman–Crippen MR) is 167 cm³/mol. The molecule has 9 atom stereocenters. The molecule has 1 aromatic rings. The van der Waals surface area contributed by atoms with Crippen LogP contribution in [0.2, 0.25) is 0 Å². The second-order valence-electron chi connectivity index (χ2n) is 16.7. The van der Waals surface area contributed by atoms with Crippen LogP contribution in [0.3, 0.4) is 0 Å². The second-order valence-corrected chi connectivity index (χ2v) is 16.7. The maximum absolute atomic E-state index is 11.5. The minimum Gasteiger partial charge on any atom is -0.478 e. The third kappa shape index (κ3) is 3.51. The molecule has 5 aliphatic carbocycles. The maximum atomic E-state index is 11.5. The van der Waals surface area contributed by atoms with E-state index < -0.39 is 5.97 Å². The monoisotopic (exact) mass is 558 g/mol. The van der Waals surface area contributed by atoms with Gasteiger partial charge in [0.05, 0.1) is 5.56 Å². The molecule has 6 rings (SSSR count). The highest BCUT2D eigenvalue weighted by Crippen LogP contribution is 2.80. The molecule has 4 fully saturated rings. The summed E-state index contributed by atoms with van der Waals surface area (Å²) >= 11 is 0. The molecule has 4 saturated carbocycles. The molecule has 0 heterocycles. The summed E-state index contributed by atoms with van der Waals surface area (Å²) in [6, 6.07) is 7.58. The van der Waals surface area contributed by atoms with Crippen molar-refractivity contribution in [3.63, 3.8) is 0 Å². The molecular formula is C38H54O3. The van der Waals surface area contributed by atoms with E-state index in [0.717, 1.165) is 6.42 Å². The average molecular weight is 559 g/mol. The van der Waals surface area contributed by atoms with Crippen molar-refractivity contribution in [2.24, 2.45) is 56.2 Å². The van der Waals surface area contributed by atoms with Gasteiger partial charge < -0.3 is 10.2 Å². The summed E-state index contributed by atoms with van der Waals surface area (Å²) in [5.74, 6) is 1.59. The molecule has 0 unspecified atom stereocenters. The van der Waals surface area contributed by atoms with Gasteiger partial charge in [0.25, 0.3) is 0 Å². The molecule has 0 radical (unpaired) electrons. The van der Waals surface area contributed by atoms with E-state index in [0.29, 0.717) is 35.8 Å². The van der Waals surface area contributed by atoms with Crippen molar-refractivity contribution in [3.8, 4) is 0 Å². The fourth-order valence-electron chi connectivity index (χ4n) is 12.6. The summed E-state index contributed by atoms with van der Waals surface area (Å²) in [5, 5.41) is 20.2. The van der Waals surface area contributed by atoms with Crippen LogP contribution in [0, 0.1) is 56.2 Å². The van der Waals surface area contributed by atoms with Crippen LogP contribution in [-0.4, -0.2) is 22.8 Å².